The third-order valence-corrected chi connectivity index (χ3v) is 6.95. The largest absolute Gasteiger partial charge is 0.383 e. The molecule has 33 heavy (non-hydrogen) atoms. The quantitative estimate of drug-likeness (QED) is 0.385. The molecule has 0 saturated carbocycles. The lowest BCUT2D eigenvalue weighted by atomic mass is 9.97. The molecule has 6 rings (SSSR count). The van der Waals surface area contributed by atoms with Crippen LogP contribution in [0.2, 0.25) is 0 Å². The first-order valence-corrected chi connectivity index (χ1v) is 11.6. The Labute approximate surface area is 197 Å². The molecule has 0 amide bonds. The highest BCUT2D eigenvalue weighted by Gasteiger charge is 2.28. The number of aromatic nitrogens is 6. The zero-order valence-electron chi connectivity index (χ0n) is 17.9. The van der Waals surface area contributed by atoms with Crippen molar-refractivity contribution in [2.75, 3.05) is 23.7 Å². The summed E-state index contributed by atoms with van der Waals surface area (Å²) in [4.78, 5) is 16.2. The van der Waals surface area contributed by atoms with Crippen LogP contribution in [-0.2, 0) is 0 Å². The summed E-state index contributed by atoms with van der Waals surface area (Å²) in [6.07, 6.45) is 5.46. The fourth-order valence-electron chi connectivity index (χ4n) is 4.43. The number of nitrogens with zero attached hydrogens (tertiary/aromatic N) is 7. The number of para-hydroxylation sites is 1. The van der Waals surface area contributed by atoms with Crippen LogP contribution in [0.1, 0.15) is 30.5 Å². The highest BCUT2D eigenvalue weighted by Crippen LogP contribution is 2.37. The van der Waals surface area contributed by atoms with Crippen molar-refractivity contribution >= 4 is 44.1 Å². The van der Waals surface area contributed by atoms with Gasteiger partial charge in [-0.15, -0.1) is 0 Å². The molecule has 9 nitrogen and oxygen atoms in total. The Hall–Kier alpha value is -3.53. The minimum Gasteiger partial charge on any atom is -0.383 e. The van der Waals surface area contributed by atoms with Crippen LogP contribution in [0.3, 0.4) is 0 Å². The van der Waals surface area contributed by atoms with Gasteiger partial charge in [0.25, 0.3) is 0 Å². The van der Waals surface area contributed by atoms with E-state index in [1.807, 2.05) is 31.3 Å². The molecule has 5 heterocycles. The van der Waals surface area contributed by atoms with Crippen molar-refractivity contribution in [1.82, 2.24) is 29.7 Å². The molecular weight excluding hydrogens is 484 g/mol. The monoisotopic (exact) mass is 504 g/mol. The fraction of sp³-hybridized carbons (Fsp3) is 0.261. The second-order valence-electron chi connectivity index (χ2n) is 8.29. The second-order valence-corrected chi connectivity index (χ2v) is 9.08. The summed E-state index contributed by atoms with van der Waals surface area (Å²) in [5.74, 6) is 2.99. The number of halogens is 1. The predicted octanol–water partition coefficient (Wildman–Crippen LogP) is 4.36. The SMILES string of the molecule is Cc1noc(C2CCN(c3nc4c(-c5cnc6ccccc6c5)cnn4c(N)c3Br)CC2)n1. The number of rotatable bonds is 3. The van der Waals surface area contributed by atoms with E-state index in [4.69, 9.17) is 15.2 Å². The van der Waals surface area contributed by atoms with Gasteiger partial charge in [-0.3, -0.25) is 4.98 Å². The van der Waals surface area contributed by atoms with Gasteiger partial charge in [0.2, 0.25) is 5.89 Å². The standard InChI is InChI=1S/C23H21BrN8O/c1-13-28-23(33-30-13)14-6-8-31(9-7-14)22-19(24)20(25)32-21(29-22)17(12-27-32)16-10-15-4-2-3-5-18(15)26-11-16/h2-5,10-12,14H,6-9,25H2,1H3. The molecule has 2 N–H and O–H groups in total. The van der Waals surface area contributed by atoms with Gasteiger partial charge < -0.3 is 15.2 Å². The number of hydrogen-bond donors (Lipinski definition) is 1. The van der Waals surface area contributed by atoms with Gasteiger partial charge in [0.15, 0.2) is 11.5 Å². The van der Waals surface area contributed by atoms with E-state index in [0.717, 1.165) is 64.1 Å². The molecule has 0 unspecified atom stereocenters. The van der Waals surface area contributed by atoms with E-state index in [9.17, 15) is 0 Å². The Kier molecular flexibility index (Phi) is 4.75. The zero-order valence-corrected chi connectivity index (χ0v) is 19.5. The maximum atomic E-state index is 6.47. The molecule has 1 aliphatic rings. The van der Waals surface area contributed by atoms with E-state index >= 15 is 0 Å². The third kappa shape index (κ3) is 3.41. The van der Waals surface area contributed by atoms with E-state index < -0.39 is 0 Å². The summed E-state index contributed by atoms with van der Waals surface area (Å²) in [5, 5.41) is 9.50. The number of fused-ring (bicyclic) bond motifs is 2. The summed E-state index contributed by atoms with van der Waals surface area (Å²) in [5.41, 5.74) is 9.97. The number of benzene rings is 1. The summed E-state index contributed by atoms with van der Waals surface area (Å²) in [6, 6.07) is 10.2. The first-order valence-electron chi connectivity index (χ1n) is 10.8. The minimum absolute atomic E-state index is 0.261. The van der Waals surface area contributed by atoms with Crippen LogP contribution in [-0.4, -0.2) is 42.8 Å². The molecule has 1 aromatic carbocycles. The molecule has 4 aromatic heterocycles. The van der Waals surface area contributed by atoms with Crippen LogP contribution < -0.4 is 10.6 Å². The van der Waals surface area contributed by atoms with E-state index in [2.05, 4.69) is 53.2 Å². The predicted molar refractivity (Wildman–Crippen MR) is 129 cm³/mol. The van der Waals surface area contributed by atoms with E-state index in [-0.39, 0.29) is 5.92 Å². The highest BCUT2D eigenvalue weighted by molar-refractivity contribution is 9.10. The van der Waals surface area contributed by atoms with Crippen LogP contribution in [0.4, 0.5) is 11.6 Å². The topological polar surface area (TPSA) is 111 Å². The lowest BCUT2D eigenvalue weighted by Crippen LogP contribution is -2.34. The Morgan fingerprint density at radius 2 is 1.94 bits per heavy atom. The molecular formula is C23H21BrN8O. The molecule has 5 aromatic rings. The summed E-state index contributed by atoms with van der Waals surface area (Å²) >= 11 is 3.66. The van der Waals surface area contributed by atoms with Crippen molar-refractivity contribution in [2.24, 2.45) is 0 Å². The van der Waals surface area contributed by atoms with Gasteiger partial charge in [-0.2, -0.15) is 14.6 Å². The molecule has 1 saturated heterocycles. The van der Waals surface area contributed by atoms with Crippen LogP contribution in [0.25, 0.3) is 27.7 Å². The average molecular weight is 505 g/mol. The number of pyridine rings is 1. The number of nitrogens with two attached hydrogens (primary N) is 1. The Morgan fingerprint density at radius 3 is 2.73 bits per heavy atom. The Bertz CT molecular complexity index is 1480. The van der Waals surface area contributed by atoms with Crippen molar-refractivity contribution in [3.63, 3.8) is 0 Å². The third-order valence-electron chi connectivity index (χ3n) is 6.19. The Morgan fingerprint density at radius 1 is 1.12 bits per heavy atom. The number of piperidine rings is 1. The van der Waals surface area contributed by atoms with Crippen LogP contribution in [0.5, 0.6) is 0 Å². The van der Waals surface area contributed by atoms with Crippen molar-refractivity contribution < 1.29 is 4.52 Å². The molecule has 1 fully saturated rings. The molecule has 0 radical (unpaired) electrons. The zero-order chi connectivity index (χ0) is 22.5. The molecule has 0 aliphatic carbocycles. The fourth-order valence-corrected chi connectivity index (χ4v) is 4.94. The van der Waals surface area contributed by atoms with Crippen molar-refractivity contribution in [3.05, 3.63) is 58.9 Å². The summed E-state index contributed by atoms with van der Waals surface area (Å²) in [7, 11) is 0. The van der Waals surface area contributed by atoms with Gasteiger partial charge in [0, 0.05) is 41.7 Å². The molecule has 0 spiro atoms. The summed E-state index contributed by atoms with van der Waals surface area (Å²) in [6.45, 7) is 3.47. The Balaban J connectivity index is 1.36. The molecule has 0 atom stereocenters. The smallest absolute Gasteiger partial charge is 0.229 e. The van der Waals surface area contributed by atoms with Gasteiger partial charge in [0.05, 0.1) is 11.7 Å². The molecule has 0 bridgehead atoms. The minimum atomic E-state index is 0.261. The van der Waals surface area contributed by atoms with Gasteiger partial charge in [-0.25, -0.2) is 4.98 Å². The molecule has 166 valence electrons. The van der Waals surface area contributed by atoms with Gasteiger partial charge >= 0.3 is 0 Å². The lowest BCUT2D eigenvalue weighted by molar-refractivity contribution is 0.327. The van der Waals surface area contributed by atoms with Crippen molar-refractivity contribution in [3.8, 4) is 11.1 Å². The maximum Gasteiger partial charge on any atom is 0.229 e. The van der Waals surface area contributed by atoms with Gasteiger partial charge in [-0.1, -0.05) is 23.4 Å². The van der Waals surface area contributed by atoms with Crippen molar-refractivity contribution in [1.29, 1.82) is 0 Å². The number of aryl methyl sites for hydroxylation is 1. The second kappa shape index (κ2) is 7.80. The number of hydrogen-bond acceptors (Lipinski definition) is 8. The lowest BCUT2D eigenvalue weighted by Gasteiger charge is -2.32. The number of anilines is 2. The van der Waals surface area contributed by atoms with E-state index in [1.165, 1.54) is 0 Å². The van der Waals surface area contributed by atoms with Gasteiger partial charge in [-0.05, 0) is 47.8 Å². The maximum absolute atomic E-state index is 6.47. The van der Waals surface area contributed by atoms with E-state index in [1.54, 1.807) is 10.7 Å². The van der Waals surface area contributed by atoms with Crippen LogP contribution >= 0.6 is 15.9 Å². The highest BCUT2D eigenvalue weighted by atomic mass is 79.9. The molecule has 1 aliphatic heterocycles. The number of nitrogen functional groups attached to an aromatic ring is 1. The molecule has 10 heteroatoms. The first-order chi connectivity index (χ1) is 16.1. The average Bonchev–Trinajstić information content (AvgIpc) is 3.48. The normalized spacial score (nSPS) is 15.0. The van der Waals surface area contributed by atoms with Crippen LogP contribution in [0.15, 0.2) is 51.7 Å². The first kappa shape index (κ1) is 20.1. The van der Waals surface area contributed by atoms with E-state index in [0.29, 0.717) is 17.3 Å². The summed E-state index contributed by atoms with van der Waals surface area (Å²) < 4.78 is 7.80. The van der Waals surface area contributed by atoms with Crippen molar-refractivity contribution in [2.45, 2.75) is 25.7 Å². The van der Waals surface area contributed by atoms with Crippen LogP contribution in [0, 0.1) is 6.92 Å². The van der Waals surface area contributed by atoms with Gasteiger partial charge in [0.1, 0.15) is 16.1 Å².